The van der Waals surface area contributed by atoms with Crippen molar-refractivity contribution in [3.05, 3.63) is 0 Å². The molecule has 128 valence electrons. The topological polar surface area (TPSA) is 96.2 Å². The van der Waals surface area contributed by atoms with Crippen molar-refractivity contribution < 1.29 is 28.1 Å². The average Bonchev–Trinajstić information content (AvgIpc) is 2.33. The predicted octanol–water partition coefficient (Wildman–Crippen LogP) is 4.25. The largest absolute Gasteiger partial charge is 0.479 e. The van der Waals surface area contributed by atoms with Crippen LogP contribution in [0.4, 0.5) is 0 Å². The zero-order chi connectivity index (χ0) is 16.2. The first-order valence-electron chi connectivity index (χ1n) is 7.51. The highest BCUT2D eigenvalue weighted by atomic mass is 32.5. The Bertz CT molecular complexity index is 347. The van der Waals surface area contributed by atoms with Crippen LogP contribution in [-0.4, -0.2) is 21.3 Å². The maximum atomic E-state index is 11.2. The van der Waals surface area contributed by atoms with E-state index in [-0.39, 0.29) is 6.61 Å². The third kappa shape index (κ3) is 16.9. The van der Waals surface area contributed by atoms with Gasteiger partial charge in [-0.2, -0.15) is 0 Å². The molecule has 0 aliphatic rings. The average molecular weight is 362 g/mol. The van der Waals surface area contributed by atoms with Gasteiger partial charge in [0.25, 0.3) is 0 Å². The van der Waals surface area contributed by atoms with Crippen molar-refractivity contribution in [2.24, 2.45) is 0 Å². The molecule has 0 aromatic rings. The summed E-state index contributed by atoms with van der Waals surface area (Å²) in [6, 6.07) is 0. The smallest absolute Gasteiger partial charge is 0.324 e. The van der Waals surface area contributed by atoms with Gasteiger partial charge >= 0.3 is 14.5 Å². The minimum Gasteiger partial charge on any atom is -0.324 e. The normalized spacial score (nSPS) is 15.0. The van der Waals surface area contributed by atoms with E-state index < -0.39 is 14.5 Å². The van der Waals surface area contributed by atoms with E-state index in [1.165, 1.54) is 38.5 Å². The highest BCUT2D eigenvalue weighted by molar-refractivity contribution is 8.08. The summed E-state index contributed by atoms with van der Waals surface area (Å²) in [4.78, 5) is 26.7. The maximum absolute atomic E-state index is 11.2. The van der Waals surface area contributed by atoms with Gasteiger partial charge in [0.05, 0.1) is 6.61 Å². The number of phosphoric ester groups is 1. The van der Waals surface area contributed by atoms with Gasteiger partial charge in [0.15, 0.2) is 0 Å². The zero-order valence-electron chi connectivity index (χ0n) is 12.6. The predicted molar refractivity (Wildman–Crippen MR) is 87.4 cm³/mol. The van der Waals surface area contributed by atoms with Crippen LogP contribution in [0.15, 0.2) is 0 Å². The van der Waals surface area contributed by atoms with Crippen LogP contribution >= 0.6 is 14.5 Å². The summed E-state index contributed by atoms with van der Waals surface area (Å²) in [6.07, 6.45) is 11.5. The SMILES string of the molecule is CCCCCCCCCCCCOP(=O)(O)OP(O)(O)=S. The number of phosphoric acid groups is 1. The van der Waals surface area contributed by atoms with Gasteiger partial charge in [-0.3, -0.25) is 4.52 Å². The Balaban J connectivity index is 3.40. The lowest BCUT2D eigenvalue weighted by Gasteiger charge is -2.14. The lowest BCUT2D eigenvalue weighted by Crippen LogP contribution is -1.96. The molecule has 21 heavy (non-hydrogen) atoms. The molecule has 0 fully saturated rings. The van der Waals surface area contributed by atoms with Crippen molar-refractivity contribution in [3.63, 3.8) is 0 Å². The summed E-state index contributed by atoms with van der Waals surface area (Å²) in [6.45, 7) is -1.93. The minimum absolute atomic E-state index is 0.0413. The van der Waals surface area contributed by atoms with Crippen molar-refractivity contribution >= 4 is 26.3 Å². The summed E-state index contributed by atoms with van der Waals surface area (Å²) < 4.78 is 19.9. The molecule has 0 heterocycles. The van der Waals surface area contributed by atoms with E-state index >= 15 is 0 Å². The highest BCUT2D eigenvalue weighted by Crippen LogP contribution is 2.57. The van der Waals surface area contributed by atoms with E-state index in [1.807, 2.05) is 0 Å². The molecule has 0 aromatic carbocycles. The molecule has 0 saturated carbocycles. The number of rotatable bonds is 14. The fourth-order valence-corrected chi connectivity index (χ4v) is 4.31. The zero-order valence-corrected chi connectivity index (χ0v) is 15.3. The molecular weight excluding hydrogens is 334 g/mol. The molecule has 0 radical (unpaired) electrons. The van der Waals surface area contributed by atoms with Crippen LogP contribution in [0.3, 0.4) is 0 Å². The number of unbranched alkanes of at least 4 members (excludes halogenated alkanes) is 9. The van der Waals surface area contributed by atoms with E-state index in [2.05, 4.69) is 27.6 Å². The first-order valence-corrected chi connectivity index (χ1v) is 11.6. The van der Waals surface area contributed by atoms with Crippen LogP contribution in [0.25, 0.3) is 0 Å². The van der Waals surface area contributed by atoms with Crippen LogP contribution in [0.2, 0.25) is 0 Å². The van der Waals surface area contributed by atoms with Crippen molar-refractivity contribution in [1.29, 1.82) is 0 Å². The summed E-state index contributed by atoms with van der Waals surface area (Å²) in [5, 5.41) is 0. The fourth-order valence-electron chi connectivity index (χ4n) is 1.93. The molecule has 1 atom stereocenters. The molecule has 0 bridgehead atoms. The Kier molecular flexibility index (Phi) is 12.5. The Morgan fingerprint density at radius 1 is 0.857 bits per heavy atom. The lowest BCUT2D eigenvalue weighted by atomic mass is 10.1. The van der Waals surface area contributed by atoms with Crippen LogP contribution < -0.4 is 0 Å². The fraction of sp³-hybridized carbons (Fsp3) is 1.00. The molecular formula is C12H28O6P2S. The summed E-state index contributed by atoms with van der Waals surface area (Å²) in [5.74, 6) is 0. The first kappa shape index (κ1) is 21.7. The van der Waals surface area contributed by atoms with E-state index in [9.17, 15) is 4.57 Å². The van der Waals surface area contributed by atoms with Crippen molar-refractivity contribution in [1.82, 2.24) is 0 Å². The second kappa shape index (κ2) is 12.1. The van der Waals surface area contributed by atoms with Crippen LogP contribution in [0, 0.1) is 0 Å². The van der Waals surface area contributed by atoms with Crippen LogP contribution in [0.1, 0.15) is 71.1 Å². The standard InChI is InChI=1S/C12H28O6P2S/c1-2-3-4-5-6-7-8-9-10-11-12-17-19(13,14)18-20(15,16)21/h2-12H2,1H3,(H,13,14)(H2,15,16,21). The second-order valence-electron chi connectivity index (χ2n) is 5.06. The highest BCUT2D eigenvalue weighted by Gasteiger charge is 2.28. The van der Waals surface area contributed by atoms with Gasteiger partial charge in [-0.15, -0.1) is 0 Å². The molecule has 0 saturated heterocycles. The van der Waals surface area contributed by atoms with Gasteiger partial charge < -0.3 is 14.7 Å². The van der Waals surface area contributed by atoms with Crippen LogP contribution in [-0.2, 0) is 25.2 Å². The van der Waals surface area contributed by atoms with Crippen molar-refractivity contribution in [3.8, 4) is 0 Å². The molecule has 0 amide bonds. The molecule has 6 nitrogen and oxygen atoms in total. The molecule has 0 aliphatic carbocycles. The monoisotopic (exact) mass is 362 g/mol. The molecule has 0 aromatic heterocycles. The first-order chi connectivity index (χ1) is 9.77. The van der Waals surface area contributed by atoms with Gasteiger partial charge in [-0.25, -0.2) is 8.88 Å². The molecule has 3 N–H and O–H groups in total. The summed E-state index contributed by atoms with van der Waals surface area (Å²) in [5.41, 5.74) is 0. The Morgan fingerprint density at radius 2 is 1.29 bits per heavy atom. The van der Waals surface area contributed by atoms with Gasteiger partial charge in [-0.1, -0.05) is 64.7 Å². The van der Waals surface area contributed by atoms with Crippen molar-refractivity contribution in [2.45, 2.75) is 71.1 Å². The third-order valence-corrected chi connectivity index (χ3v) is 5.75. The van der Waals surface area contributed by atoms with E-state index in [0.717, 1.165) is 19.3 Å². The van der Waals surface area contributed by atoms with Gasteiger partial charge in [0.1, 0.15) is 0 Å². The molecule has 0 aliphatic heterocycles. The van der Waals surface area contributed by atoms with E-state index in [0.29, 0.717) is 6.42 Å². The van der Waals surface area contributed by atoms with Gasteiger partial charge in [0, 0.05) is 0 Å². The van der Waals surface area contributed by atoms with E-state index in [4.69, 9.17) is 14.7 Å². The molecule has 0 rings (SSSR count). The van der Waals surface area contributed by atoms with Crippen LogP contribution in [0.5, 0.6) is 0 Å². The molecule has 9 heteroatoms. The Hall–Kier alpha value is 0.680. The Labute approximate surface area is 132 Å². The van der Waals surface area contributed by atoms with Gasteiger partial charge in [0.2, 0.25) is 0 Å². The van der Waals surface area contributed by atoms with E-state index in [1.54, 1.807) is 0 Å². The summed E-state index contributed by atoms with van der Waals surface area (Å²) in [7, 11) is -4.45. The third-order valence-electron chi connectivity index (χ3n) is 2.96. The van der Waals surface area contributed by atoms with Crippen molar-refractivity contribution in [2.75, 3.05) is 6.61 Å². The lowest BCUT2D eigenvalue weighted by molar-refractivity contribution is 0.190. The number of hydrogen-bond acceptors (Lipinski definition) is 4. The number of hydrogen-bond donors (Lipinski definition) is 3. The quantitative estimate of drug-likeness (QED) is 0.314. The summed E-state index contributed by atoms with van der Waals surface area (Å²) >= 11 is 4.11. The maximum Gasteiger partial charge on any atom is 0.479 e. The van der Waals surface area contributed by atoms with Gasteiger partial charge in [-0.05, 0) is 18.2 Å². The molecule has 1 unspecified atom stereocenters. The second-order valence-corrected chi connectivity index (χ2v) is 9.31. The minimum atomic E-state index is -4.45. The molecule has 0 spiro atoms. The Morgan fingerprint density at radius 3 is 1.71 bits per heavy atom.